The molecular formula is C56H42N16. The van der Waals surface area contributed by atoms with E-state index in [0.29, 0.717) is 75.5 Å². The number of rotatable bonds is 7. The number of hydrogen-bond donors (Lipinski definition) is 0. The van der Waals surface area contributed by atoms with Gasteiger partial charge in [-0.1, -0.05) is 0 Å². The van der Waals surface area contributed by atoms with Crippen LogP contribution in [0.5, 0.6) is 0 Å². The lowest BCUT2D eigenvalue weighted by Gasteiger charge is -2.18. The maximum absolute atomic E-state index is 10.5. The highest BCUT2D eigenvalue weighted by Crippen LogP contribution is 2.43. The van der Waals surface area contributed by atoms with Crippen LogP contribution in [0.4, 0.5) is 0 Å². The molecule has 0 saturated heterocycles. The average Bonchev–Trinajstić information content (AvgIpc) is 3.86. The van der Waals surface area contributed by atoms with Gasteiger partial charge in [0.1, 0.15) is 46.6 Å². The number of benzene rings is 5. The van der Waals surface area contributed by atoms with Gasteiger partial charge in [0.25, 0.3) is 0 Å². The zero-order valence-corrected chi connectivity index (χ0v) is 40.5. The fourth-order valence-corrected chi connectivity index (χ4v) is 9.91. The minimum atomic E-state index is 0.505. The number of fused-ring (bicyclic) bond motifs is 6. The monoisotopic (exact) mass is 938 g/mol. The predicted octanol–water partition coefficient (Wildman–Crippen LogP) is 10.7. The van der Waals surface area contributed by atoms with Gasteiger partial charge in [0.15, 0.2) is 23.3 Å². The molecule has 0 radical (unpaired) electrons. The van der Waals surface area contributed by atoms with Crippen LogP contribution in [0.25, 0.3) is 112 Å². The van der Waals surface area contributed by atoms with Crippen LogP contribution in [0.3, 0.4) is 0 Å². The highest BCUT2D eigenvalue weighted by atomic mass is 15.1. The molecule has 5 aromatic carbocycles. The smallest absolute Gasteiger partial charge is 0.163 e. The molecule has 0 N–H and O–H groups in total. The highest BCUT2D eigenvalue weighted by Gasteiger charge is 2.24. The van der Waals surface area contributed by atoms with E-state index in [1.54, 1.807) is 6.20 Å². The van der Waals surface area contributed by atoms with Crippen molar-refractivity contribution in [1.82, 2.24) is 73.9 Å². The molecule has 0 spiro atoms. The number of hydrogen-bond acceptors (Lipinski definition) is 14. The number of pyridine rings is 1. The Morgan fingerprint density at radius 3 is 1.01 bits per heavy atom. The van der Waals surface area contributed by atoms with Crippen LogP contribution < -0.4 is 0 Å². The summed E-state index contributed by atoms with van der Waals surface area (Å²) in [5.41, 5.74) is 11.0. The number of nitriles is 1. The molecule has 16 heteroatoms. The second kappa shape index (κ2) is 16.8. The van der Waals surface area contributed by atoms with Gasteiger partial charge in [-0.3, -0.25) is 4.98 Å². The summed E-state index contributed by atoms with van der Waals surface area (Å²) in [7, 11) is 0. The molecule has 0 aliphatic heterocycles. The first-order valence-corrected chi connectivity index (χ1v) is 23.3. The van der Waals surface area contributed by atoms with E-state index >= 15 is 0 Å². The molecule has 0 unspecified atom stereocenters. The topological polar surface area (TPSA) is 201 Å². The van der Waals surface area contributed by atoms with Gasteiger partial charge in [-0.15, -0.1) is 0 Å². The zero-order chi connectivity index (χ0) is 49.5. The molecule has 7 heterocycles. The van der Waals surface area contributed by atoms with Crippen molar-refractivity contribution in [2.24, 2.45) is 0 Å². The minimum absolute atomic E-state index is 0.505. The first kappa shape index (κ1) is 43.6. The molecule has 0 aliphatic rings. The Kier molecular flexibility index (Phi) is 10.2. The van der Waals surface area contributed by atoms with E-state index in [0.717, 1.165) is 88.4 Å². The van der Waals surface area contributed by atoms with Gasteiger partial charge in [-0.2, -0.15) is 5.26 Å². The average molecular weight is 939 g/mol. The highest BCUT2D eigenvalue weighted by molar-refractivity contribution is 6.13. The molecule has 0 amide bonds. The van der Waals surface area contributed by atoms with Crippen LogP contribution in [-0.2, 0) is 0 Å². The van der Waals surface area contributed by atoms with Crippen LogP contribution in [0.1, 0.15) is 52.2 Å². The van der Waals surface area contributed by atoms with Crippen molar-refractivity contribution in [1.29, 1.82) is 5.26 Å². The fourth-order valence-electron chi connectivity index (χ4n) is 9.91. The van der Waals surface area contributed by atoms with Gasteiger partial charge in [0, 0.05) is 61.1 Å². The van der Waals surface area contributed by atoms with Crippen LogP contribution in [0.15, 0.2) is 109 Å². The Labute approximate surface area is 412 Å². The summed E-state index contributed by atoms with van der Waals surface area (Å²) in [6.07, 6.45) is 3.68. The van der Waals surface area contributed by atoms with E-state index in [4.69, 9.17) is 44.9 Å². The first-order valence-electron chi connectivity index (χ1n) is 23.3. The van der Waals surface area contributed by atoms with Gasteiger partial charge in [-0.25, -0.2) is 59.8 Å². The summed E-state index contributed by atoms with van der Waals surface area (Å²) in [5, 5.41) is 14.4. The number of nitrogens with zero attached hydrogens (tertiary/aromatic N) is 16. The Hall–Kier alpha value is -9.62. The van der Waals surface area contributed by atoms with E-state index in [2.05, 4.69) is 83.7 Å². The van der Waals surface area contributed by atoms with Crippen LogP contribution in [0, 0.1) is 66.7 Å². The fraction of sp³-hybridized carbons (Fsp3) is 0.143. The van der Waals surface area contributed by atoms with E-state index in [-0.39, 0.29) is 0 Å². The summed E-state index contributed by atoms with van der Waals surface area (Å²) in [5.74, 6) is 7.49. The molecule has 7 aromatic heterocycles. The van der Waals surface area contributed by atoms with Crippen LogP contribution in [0.2, 0.25) is 0 Å². The summed E-state index contributed by atoms with van der Waals surface area (Å²) in [6.45, 7) is 15.0. The summed E-state index contributed by atoms with van der Waals surface area (Å²) >= 11 is 0. The lowest BCUT2D eigenvalue weighted by Crippen LogP contribution is -2.03. The molecule has 0 saturated carbocycles. The van der Waals surface area contributed by atoms with E-state index in [1.807, 2.05) is 110 Å². The Morgan fingerprint density at radius 1 is 0.347 bits per heavy atom. The molecule has 72 heavy (non-hydrogen) atoms. The van der Waals surface area contributed by atoms with Gasteiger partial charge in [0.05, 0.1) is 51.3 Å². The molecule has 12 rings (SSSR count). The van der Waals surface area contributed by atoms with Crippen molar-refractivity contribution in [2.45, 2.75) is 55.4 Å². The Balaban J connectivity index is 1.12. The maximum atomic E-state index is 10.5. The third kappa shape index (κ3) is 7.51. The van der Waals surface area contributed by atoms with Crippen molar-refractivity contribution in [3.05, 3.63) is 162 Å². The largest absolute Gasteiger partial charge is 0.309 e. The molecule has 0 bridgehead atoms. The molecule has 12 aromatic rings. The summed E-state index contributed by atoms with van der Waals surface area (Å²) in [6, 6.07) is 35.4. The normalized spacial score (nSPS) is 11.6. The predicted molar refractivity (Wildman–Crippen MR) is 276 cm³/mol. The van der Waals surface area contributed by atoms with Crippen LogP contribution >= 0.6 is 0 Å². The van der Waals surface area contributed by atoms with Crippen molar-refractivity contribution in [3.8, 4) is 74.1 Å². The van der Waals surface area contributed by atoms with Gasteiger partial charge < -0.3 is 9.13 Å². The minimum Gasteiger partial charge on any atom is -0.309 e. The van der Waals surface area contributed by atoms with Crippen LogP contribution in [-0.4, -0.2) is 73.9 Å². The van der Waals surface area contributed by atoms with Gasteiger partial charge in [0.2, 0.25) is 0 Å². The SMILES string of the molecule is Cc1nc(C)nc(-c2ccc3c(c2)c2cc(-c4nc(C)nc(C)n4)ccc2n3-c2ccc(C#N)cc2-c2ccncc2-n2c3ccc(-c4nc(C)nc(C)n4)cc3c3cc(-c4nc(C)nc(C)n4)ccc32)n1. The number of aryl methyl sites for hydroxylation is 8. The van der Waals surface area contributed by atoms with Gasteiger partial charge in [-0.05, 0) is 152 Å². The van der Waals surface area contributed by atoms with E-state index in [1.165, 1.54) is 0 Å². The van der Waals surface area contributed by atoms with Crippen molar-refractivity contribution in [3.63, 3.8) is 0 Å². The second-order valence-electron chi connectivity index (χ2n) is 17.8. The summed E-state index contributed by atoms with van der Waals surface area (Å²) in [4.78, 5) is 60.4. The molecule has 16 nitrogen and oxygen atoms in total. The first-order chi connectivity index (χ1) is 34.8. The number of aromatic nitrogens is 15. The molecule has 0 fully saturated rings. The lowest BCUT2D eigenvalue weighted by molar-refractivity contribution is 0.928. The van der Waals surface area contributed by atoms with E-state index in [9.17, 15) is 5.26 Å². The summed E-state index contributed by atoms with van der Waals surface area (Å²) < 4.78 is 4.49. The standard InChI is InChI=1S/C56H42N16/c1-28-59-29(2)64-53(63-28)37-10-15-48-43(22-37)44-23-38(54-65-30(3)60-31(4)66-54)11-16-49(44)71(48)47-14-9-36(26-57)21-42(47)41-19-20-58-27-52(41)72-50-17-12-39(55-67-32(5)61-33(6)68-55)24-45(50)46-25-40(13-18-51(46)72)56-69-34(7)62-35(8)70-56/h9-25,27H,1-8H3. The third-order valence-corrected chi connectivity index (χ3v) is 12.7. The molecule has 0 aliphatic carbocycles. The van der Waals surface area contributed by atoms with Crippen molar-refractivity contribution < 1.29 is 0 Å². The quantitative estimate of drug-likeness (QED) is 0.146. The molecule has 346 valence electrons. The molecular weight excluding hydrogens is 897 g/mol. The Bertz CT molecular complexity index is 4000. The van der Waals surface area contributed by atoms with E-state index < -0.39 is 0 Å². The second-order valence-corrected chi connectivity index (χ2v) is 17.8. The third-order valence-electron chi connectivity index (χ3n) is 12.7. The lowest BCUT2D eigenvalue weighted by atomic mass is 9.99. The molecule has 0 atom stereocenters. The van der Waals surface area contributed by atoms with Crippen molar-refractivity contribution >= 4 is 43.6 Å². The Morgan fingerprint density at radius 2 is 0.681 bits per heavy atom. The van der Waals surface area contributed by atoms with Crippen molar-refractivity contribution in [2.75, 3.05) is 0 Å². The maximum Gasteiger partial charge on any atom is 0.163 e. The zero-order valence-electron chi connectivity index (χ0n) is 40.5. The van der Waals surface area contributed by atoms with Gasteiger partial charge >= 0.3 is 0 Å².